The van der Waals surface area contributed by atoms with Crippen molar-refractivity contribution in [1.82, 2.24) is 5.32 Å². The Kier molecular flexibility index (Phi) is 38.1. The second kappa shape index (κ2) is 39.8. The predicted molar refractivity (Wildman–Crippen MR) is 247 cm³/mol. The van der Waals surface area contributed by atoms with Gasteiger partial charge in [0.05, 0.1) is 20.3 Å². The van der Waals surface area contributed by atoms with E-state index in [0.29, 0.717) is 12.8 Å². The van der Waals surface area contributed by atoms with E-state index in [9.17, 15) is 28.6 Å². The molecule has 0 aromatic heterocycles. The number of allylic oxidation sites excluding steroid dienone is 4. The van der Waals surface area contributed by atoms with Gasteiger partial charge in [0.25, 0.3) is 0 Å². The number of unbranched alkanes of at least 4 members (excludes halogenated alkanes) is 22. The minimum atomic E-state index is -4.87. The van der Waals surface area contributed by atoms with Crippen LogP contribution in [0.15, 0.2) is 24.3 Å². The minimum absolute atomic E-state index is 0.127. The first kappa shape index (κ1) is 59.3. The van der Waals surface area contributed by atoms with E-state index in [1.54, 1.807) is 20.8 Å². The molecule has 362 valence electrons. The van der Waals surface area contributed by atoms with Crippen LogP contribution in [0.2, 0.25) is 0 Å². The normalized spacial score (nSPS) is 13.8. The maximum Gasteiger partial charge on any atom is 0.472 e. The molecule has 0 spiro atoms. The fourth-order valence-corrected chi connectivity index (χ4v) is 7.21. The Labute approximate surface area is 376 Å². The monoisotopic (exact) mass is 902 g/mol. The third-order valence-electron chi connectivity index (χ3n) is 10.0. The molecule has 0 bridgehead atoms. The Balaban J connectivity index is 4.85. The molecule has 0 rings (SSSR count). The second-order valence-corrected chi connectivity index (χ2v) is 18.7. The molecule has 62 heavy (non-hydrogen) atoms. The van der Waals surface area contributed by atoms with Crippen LogP contribution in [0.1, 0.15) is 214 Å². The van der Waals surface area contributed by atoms with Gasteiger partial charge in [-0.3, -0.25) is 18.6 Å². The lowest BCUT2D eigenvalue weighted by molar-refractivity contribution is -0.161. The standard InChI is InChI=1S/C48H88NO12P/c1-7-9-11-13-15-17-19-21-23-25-27-29-31-33-35-37-44(50)57-39-42(40-58-62(54,55)59-41-43(46(52)56-6)49-47(53)61-48(3,4)5)60-45(51)38-36-34-32-30-28-26-24-22-20-18-16-14-12-10-8-2/h21-24,42-43H,7-20,25-41H2,1-6H3,(H,49,53)(H,54,55)/b23-21-,24-22-/t42-,43+/m0/s1. The third-order valence-corrected chi connectivity index (χ3v) is 11.0. The fourth-order valence-electron chi connectivity index (χ4n) is 6.44. The first-order valence-electron chi connectivity index (χ1n) is 24.1. The first-order chi connectivity index (χ1) is 29.7. The Hall–Kier alpha value is -2.73. The van der Waals surface area contributed by atoms with E-state index in [-0.39, 0.29) is 19.4 Å². The number of alkyl carbamates (subject to hydrolysis) is 1. The second-order valence-electron chi connectivity index (χ2n) is 17.2. The maximum absolute atomic E-state index is 12.8. The summed E-state index contributed by atoms with van der Waals surface area (Å²) in [4.78, 5) is 60.3. The summed E-state index contributed by atoms with van der Waals surface area (Å²) >= 11 is 0. The van der Waals surface area contributed by atoms with Crippen molar-refractivity contribution in [3.63, 3.8) is 0 Å². The van der Waals surface area contributed by atoms with E-state index in [0.717, 1.165) is 84.2 Å². The number of phosphoric ester groups is 1. The number of ether oxygens (including phenoxy) is 4. The van der Waals surface area contributed by atoms with Crippen molar-refractivity contribution in [3.05, 3.63) is 24.3 Å². The highest BCUT2D eigenvalue weighted by molar-refractivity contribution is 7.47. The summed E-state index contributed by atoms with van der Waals surface area (Å²) in [5, 5.41) is 2.24. The van der Waals surface area contributed by atoms with Crippen molar-refractivity contribution in [3.8, 4) is 0 Å². The number of esters is 3. The number of nitrogens with one attached hydrogen (secondary N) is 1. The van der Waals surface area contributed by atoms with E-state index in [1.807, 2.05) is 0 Å². The number of amides is 1. The van der Waals surface area contributed by atoms with Crippen LogP contribution in [0.3, 0.4) is 0 Å². The summed E-state index contributed by atoms with van der Waals surface area (Å²) in [6.07, 6.45) is 36.7. The molecule has 14 heteroatoms. The lowest BCUT2D eigenvalue weighted by Crippen LogP contribution is -2.46. The molecule has 1 unspecified atom stereocenters. The largest absolute Gasteiger partial charge is 0.472 e. The van der Waals surface area contributed by atoms with Crippen LogP contribution in [0, 0.1) is 0 Å². The molecule has 1 amide bonds. The van der Waals surface area contributed by atoms with Gasteiger partial charge in [0, 0.05) is 12.8 Å². The van der Waals surface area contributed by atoms with Crippen LogP contribution >= 0.6 is 7.82 Å². The van der Waals surface area contributed by atoms with Gasteiger partial charge in [0.2, 0.25) is 0 Å². The summed E-state index contributed by atoms with van der Waals surface area (Å²) in [5.41, 5.74) is -0.870. The summed E-state index contributed by atoms with van der Waals surface area (Å²) in [7, 11) is -3.79. The highest BCUT2D eigenvalue weighted by Gasteiger charge is 2.31. The number of methoxy groups -OCH3 is 1. The highest BCUT2D eigenvalue weighted by Crippen LogP contribution is 2.43. The predicted octanol–water partition coefficient (Wildman–Crippen LogP) is 12.7. The van der Waals surface area contributed by atoms with Gasteiger partial charge in [0.1, 0.15) is 12.2 Å². The van der Waals surface area contributed by atoms with Crippen molar-refractivity contribution < 1.29 is 56.6 Å². The number of hydrogen-bond donors (Lipinski definition) is 2. The molecule has 0 aliphatic carbocycles. The summed E-state index contributed by atoms with van der Waals surface area (Å²) in [6, 6.07) is -1.49. The smallest absolute Gasteiger partial charge is 0.467 e. The topological polar surface area (TPSA) is 173 Å². The van der Waals surface area contributed by atoms with Crippen molar-refractivity contribution in [2.45, 2.75) is 232 Å². The van der Waals surface area contributed by atoms with E-state index < -0.39 is 62.8 Å². The number of phosphoric acid groups is 1. The van der Waals surface area contributed by atoms with Crippen molar-refractivity contribution in [2.24, 2.45) is 0 Å². The molecule has 0 radical (unpaired) electrons. The average Bonchev–Trinajstić information content (AvgIpc) is 3.22. The summed E-state index contributed by atoms with van der Waals surface area (Å²) in [6.45, 7) is 7.56. The molecule has 0 aliphatic heterocycles. The Bertz CT molecular complexity index is 1250. The molecule has 0 heterocycles. The van der Waals surface area contributed by atoms with Gasteiger partial charge in [-0.1, -0.05) is 141 Å². The van der Waals surface area contributed by atoms with Crippen LogP contribution in [0.5, 0.6) is 0 Å². The number of rotatable bonds is 41. The Morgan fingerprint density at radius 1 is 0.581 bits per heavy atom. The van der Waals surface area contributed by atoms with Crippen molar-refractivity contribution >= 4 is 31.8 Å². The molecule has 0 aliphatic rings. The Morgan fingerprint density at radius 2 is 0.984 bits per heavy atom. The first-order valence-corrected chi connectivity index (χ1v) is 25.6. The lowest BCUT2D eigenvalue weighted by atomic mass is 10.1. The molecule has 0 saturated carbocycles. The molecular weight excluding hydrogens is 813 g/mol. The van der Waals surface area contributed by atoms with Gasteiger partial charge < -0.3 is 29.2 Å². The van der Waals surface area contributed by atoms with Gasteiger partial charge in [-0.15, -0.1) is 0 Å². The molecule has 3 atom stereocenters. The molecule has 13 nitrogen and oxygen atoms in total. The van der Waals surface area contributed by atoms with E-state index in [2.05, 4.69) is 48.2 Å². The van der Waals surface area contributed by atoms with Crippen molar-refractivity contribution in [2.75, 3.05) is 26.9 Å². The third kappa shape index (κ3) is 40.1. The SMILES string of the molecule is CCCCCCCC/C=C\CCCCCCCC(=O)OC[C@@H](COP(=O)(O)OC[C@@H](NC(=O)OC(C)(C)C)C(=O)OC)OC(=O)CCCCCCC/C=C\CCCCCCCC. The van der Waals surface area contributed by atoms with E-state index in [4.69, 9.17) is 23.3 Å². The minimum Gasteiger partial charge on any atom is -0.467 e. The van der Waals surface area contributed by atoms with Crippen LogP contribution < -0.4 is 5.32 Å². The fraction of sp³-hybridized carbons (Fsp3) is 0.833. The van der Waals surface area contributed by atoms with Gasteiger partial charge in [-0.05, 0) is 85.0 Å². The quantitative estimate of drug-likeness (QED) is 0.0196. The number of hydrogen-bond acceptors (Lipinski definition) is 11. The van der Waals surface area contributed by atoms with Crippen LogP contribution in [0.4, 0.5) is 4.79 Å². The highest BCUT2D eigenvalue weighted by atomic mass is 31.2. The molecule has 0 fully saturated rings. The van der Waals surface area contributed by atoms with Gasteiger partial charge >= 0.3 is 31.8 Å². The average molecular weight is 902 g/mol. The van der Waals surface area contributed by atoms with Gasteiger partial charge in [-0.25, -0.2) is 14.2 Å². The summed E-state index contributed by atoms with van der Waals surface area (Å²) in [5.74, 6) is -1.97. The van der Waals surface area contributed by atoms with Crippen molar-refractivity contribution in [1.29, 1.82) is 0 Å². The van der Waals surface area contributed by atoms with Crippen LogP contribution in [-0.4, -0.2) is 73.6 Å². The molecule has 0 saturated heterocycles. The van der Waals surface area contributed by atoms with Crippen LogP contribution in [0.25, 0.3) is 0 Å². The van der Waals surface area contributed by atoms with Crippen LogP contribution in [-0.2, 0) is 46.9 Å². The van der Waals surface area contributed by atoms with Gasteiger partial charge in [0.15, 0.2) is 12.1 Å². The summed E-state index contributed by atoms with van der Waals surface area (Å²) < 4.78 is 43.7. The lowest BCUT2D eigenvalue weighted by Gasteiger charge is -2.23. The van der Waals surface area contributed by atoms with Gasteiger partial charge in [-0.2, -0.15) is 0 Å². The zero-order chi connectivity index (χ0) is 46.2. The maximum atomic E-state index is 12.8. The number of carbonyl (C=O) groups is 4. The molecule has 0 aromatic carbocycles. The molecule has 0 aromatic rings. The molecule has 2 N–H and O–H groups in total. The molecular formula is C48H88NO12P. The zero-order valence-electron chi connectivity index (χ0n) is 39.8. The Morgan fingerprint density at radius 3 is 1.42 bits per heavy atom. The zero-order valence-corrected chi connectivity index (χ0v) is 40.7. The number of carbonyl (C=O) groups excluding carboxylic acids is 4. The van der Waals surface area contributed by atoms with E-state index >= 15 is 0 Å². The van der Waals surface area contributed by atoms with E-state index in [1.165, 1.54) is 77.0 Å².